The van der Waals surface area contributed by atoms with E-state index in [2.05, 4.69) is 33.0 Å². The maximum atomic E-state index is 13.3. The van der Waals surface area contributed by atoms with Crippen LogP contribution in [0.2, 0.25) is 0 Å². The molecular weight excluding hydrogens is 336 g/mol. The van der Waals surface area contributed by atoms with Crippen molar-refractivity contribution in [2.45, 2.75) is 25.7 Å². The number of nitrogens with zero attached hydrogens (tertiary/aromatic N) is 4. The molecule has 2 aliphatic rings. The van der Waals surface area contributed by atoms with Crippen LogP contribution in [0.25, 0.3) is 0 Å². The number of nitriles is 1. The second-order valence-corrected chi connectivity index (χ2v) is 7.60. The van der Waals surface area contributed by atoms with Gasteiger partial charge in [-0.1, -0.05) is 30.3 Å². The number of anilines is 1. The van der Waals surface area contributed by atoms with E-state index in [-0.39, 0.29) is 5.41 Å². The topological polar surface area (TPSA) is 60.2 Å². The molecule has 27 heavy (non-hydrogen) atoms. The molecule has 5 nitrogen and oxygen atoms in total. The highest BCUT2D eigenvalue weighted by atomic mass is 16.2. The zero-order chi connectivity index (χ0) is 18.7. The minimum absolute atomic E-state index is 0.292. The number of rotatable bonds is 4. The molecular formula is C22H24N4O. The first-order valence-electron chi connectivity index (χ1n) is 9.65. The molecule has 3 heterocycles. The Morgan fingerprint density at radius 2 is 2.00 bits per heavy atom. The van der Waals surface area contributed by atoms with Crippen LogP contribution in [-0.4, -0.2) is 42.0 Å². The average molecular weight is 360 g/mol. The third-order valence-electron chi connectivity index (χ3n) is 5.89. The second-order valence-electron chi connectivity index (χ2n) is 7.60. The van der Waals surface area contributed by atoms with Crippen LogP contribution < -0.4 is 4.90 Å². The van der Waals surface area contributed by atoms with Gasteiger partial charge in [-0.2, -0.15) is 5.26 Å². The molecule has 2 fully saturated rings. The van der Waals surface area contributed by atoms with Crippen LogP contribution in [0.5, 0.6) is 0 Å². The lowest BCUT2D eigenvalue weighted by molar-refractivity contribution is -0.144. The number of piperidine rings is 1. The van der Waals surface area contributed by atoms with Gasteiger partial charge in [0.05, 0.1) is 17.0 Å². The molecule has 0 aliphatic carbocycles. The van der Waals surface area contributed by atoms with Gasteiger partial charge in [-0.15, -0.1) is 0 Å². The quantitative estimate of drug-likeness (QED) is 0.841. The van der Waals surface area contributed by atoms with Crippen LogP contribution in [0.1, 0.15) is 30.4 Å². The summed E-state index contributed by atoms with van der Waals surface area (Å²) in [4.78, 5) is 21.9. The summed E-state index contributed by atoms with van der Waals surface area (Å²) in [6.45, 7) is 3.16. The molecule has 2 aliphatic heterocycles. The first-order chi connectivity index (χ1) is 13.2. The van der Waals surface area contributed by atoms with Crippen molar-refractivity contribution in [2.75, 3.05) is 31.1 Å². The van der Waals surface area contributed by atoms with Crippen molar-refractivity contribution in [3.63, 3.8) is 0 Å². The third-order valence-corrected chi connectivity index (χ3v) is 5.89. The Morgan fingerprint density at radius 3 is 2.81 bits per heavy atom. The van der Waals surface area contributed by atoms with Gasteiger partial charge in [0.2, 0.25) is 5.91 Å². The minimum atomic E-state index is -0.292. The van der Waals surface area contributed by atoms with E-state index in [1.54, 1.807) is 12.3 Å². The summed E-state index contributed by atoms with van der Waals surface area (Å²) in [5.41, 5.74) is 1.59. The standard InChI is InChI=1S/C22H24N4O/c23-16-19-7-11-24-20(15-19)26-14-10-22(17-26)9-4-12-25(21(22)27)13-8-18-5-2-1-3-6-18/h1-3,5-7,11,15H,4,8-10,12-14,17H2. The van der Waals surface area contributed by atoms with Crippen LogP contribution in [0.15, 0.2) is 48.7 Å². The second kappa shape index (κ2) is 7.40. The monoisotopic (exact) mass is 360 g/mol. The number of hydrogen-bond acceptors (Lipinski definition) is 4. The summed E-state index contributed by atoms with van der Waals surface area (Å²) in [7, 11) is 0. The van der Waals surface area contributed by atoms with E-state index in [1.807, 2.05) is 24.3 Å². The first kappa shape index (κ1) is 17.5. The lowest BCUT2D eigenvalue weighted by Crippen LogP contribution is -2.50. The smallest absolute Gasteiger partial charge is 0.230 e. The zero-order valence-corrected chi connectivity index (χ0v) is 15.5. The van der Waals surface area contributed by atoms with Gasteiger partial charge >= 0.3 is 0 Å². The lowest BCUT2D eigenvalue weighted by Gasteiger charge is -2.39. The Kier molecular flexibility index (Phi) is 4.81. The van der Waals surface area contributed by atoms with Crippen LogP contribution >= 0.6 is 0 Å². The molecule has 1 atom stereocenters. The normalized spacial score (nSPS) is 22.3. The molecule has 2 saturated heterocycles. The van der Waals surface area contributed by atoms with Crippen molar-refractivity contribution in [1.29, 1.82) is 5.26 Å². The molecule has 5 heteroatoms. The lowest BCUT2D eigenvalue weighted by atomic mass is 9.78. The molecule has 1 aromatic carbocycles. The van der Waals surface area contributed by atoms with Crippen LogP contribution in [-0.2, 0) is 11.2 Å². The van der Waals surface area contributed by atoms with E-state index >= 15 is 0 Å². The summed E-state index contributed by atoms with van der Waals surface area (Å²) < 4.78 is 0. The number of pyridine rings is 1. The van der Waals surface area contributed by atoms with Crippen LogP contribution in [0.4, 0.5) is 5.82 Å². The molecule has 1 amide bonds. The third kappa shape index (κ3) is 3.52. The number of carbonyl (C=O) groups excluding carboxylic acids is 1. The average Bonchev–Trinajstić information content (AvgIpc) is 3.15. The predicted octanol–water partition coefficient (Wildman–Crippen LogP) is 3.01. The Labute approximate surface area is 160 Å². The molecule has 138 valence electrons. The summed E-state index contributed by atoms with van der Waals surface area (Å²) >= 11 is 0. The van der Waals surface area contributed by atoms with Crippen molar-refractivity contribution in [1.82, 2.24) is 9.88 Å². The van der Waals surface area contributed by atoms with Crippen LogP contribution in [0, 0.1) is 16.7 Å². The van der Waals surface area contributed by atoms with E-state index in [4.69, 9.17) is 5.26 Å². The SMILES string of the molecule is N#Cc1ccnc(N2CCC3(CCCN(CCc4ccccc4)C3=O)C2)c1. The predicted molar refractivity (Wildman–Crippen MR) is 104 cm³/mol. The number of benzene rings is 1. The molecule has 2 aromatic rings. The summed E-state index contributed by atoms with van der Waals surface area (Å²) in [6, 6.07) is 16.1. The number of hydrogen-bond donors (Lipinski definition) is 0. The van der Waals surface area contributed by atoms with Gasteiger partial charge < -0.3 is 9.80 Å². The Morgan fingerprint density at radius 1 is 1.15 bits per heavy atom. The van der Waals surface area contributed by atoms with E-state index in [0.717, 1.165) is 51.1 Å². The van der Waals surface area contributed by atoms with Crippen LogP contribution in [0.3, 0.4) is 0 Å². The Bertz CT molecular complexity index is 860. The molecule has 0 N–H and O–H groups in total. The summed E-state index contributed by atoms with van der Waals surface area (Å²) in [5, 5.41) is 9.12. The summed E-state index contributed by atoms with van der Waals surface area (Å²) in [5.74, 6) is 1.10. The van der Waals surface area contributed by atoms with Gasteiger partial charge in [0.15, 0.2) is 0 Å². The van der Waals surface area contributed by atoms with Gasteiger partial charge in [0, 0.05) is 32.4 Å². The number of likely N-dealkylation sites (tertiary alicyclic amines) is 1. The maximum absolute atomic E-state index is 13.3. The molecule has 0 radical (unpaired) electrons. The van der Waals surface area contributed by atoms with Crippen molar-refractivity contribution in [3.8, 4) is 6.07 Å². The summed E-state index contributed by atoms with van der Waals surface area (Å²) in [6.07, 6.45) is 5.44. The molecule has 4 rings (SSSR count). The first-order valence-corrected chi connectivity index (χ1v) is 9.65. The minimum Gasteiger partial charge on any atom is -0.355 e. The van der Waals surface area contributed by atoms with Gasteiger partial charge in [-0.3, -0.25) is 4.79 Å². The maximum Gasteiger partial charge on any atom is 0.230 e. The number of aromatic nitrogens is 1. The zero-order valence-electron chi connectivity index (χ0n) is 15.5. The largest absolute Gasteiger partial charge is 0.355 e. The van der Waals surface area contributed by atoms with E-state index in [9.17, 15) is 4.79 Å². The van der Waals surface area contributed by atoms with Gasteiger partial charge in [0.25, 0.3) is 0 Å². The van der Waals surface area contributed by atoms with E-state index in [1.165, 1.54) is 5.56 Å². The Balaban J connectivity index is 1.45. The fourth-order valence-corrected chi connectivity index (χ4v) is 4.38. The van der Waals surface area contributed by atoms with Gasteiger partial charge in [-0.05, 0) is 43.4 Å². The van der Waals surface area contributed by atoms with Gasteiger partial charge in [-0.25, -0.2) is 4.98 Å². The number of amides is 1. The van der Waals surface area contributed by atoms with Gasteiger partial charge in [0.1, 0.15) is 5.82 Å². The molecule has 1 aromatic heterocycles. The van der Waals surface area contributed by atoms with Crippen molar-refractivity contribution >= 4 is 11.7 Å². The van der Waals surface area contributed by atoms with Crippen molar-refractivity contribution in [2.24, 2.45) is 5.41 Å². The van der Waals surface area contributed by atoms with E-state index < -0.39 is 0 Å². The molecule has 0 bridgehead atoms. The highest BCUT2D eigenvalue weighted by Gasteiger charge is 2.48. The number of carbonyl (C=O) groups is 1. The molecule has 1 unspecified atom stereocenters. The molecule has 1 spiro atoms. The highest BCUT2D eigenvalue weighted by molar-refractivity contribution is 5.85. The molecule has 0 saturated carbocycles. The highest BCUT2D eigenvalue weighted by Crippen LogP contribution is 2.41. The fraction of sp³-hybridized carbons (Fsp3) is 0.409. The van der Waals surface area contributed by atoms with Crippen molar-refractivity contribution in [3.05, 3.63) is 59.8 Å². The van der Waals surface area contributed by atoms with E-state index in [0.29, 0.717) is 18.0 Å². The Hall–Kier alpha value is -2.87. The fourth-order valence-electron chi connectivity index (χ4n) is 4.38. The van der Waals surface area contributed by atoms with Crippen molar-refractivity contribution < 1.29 is 4.79 Å².